The Balaban J connectivity index is 1.55. The van der Waals surface area contributed by atoms with Gasteiger partial charge in [0.25, 0.3) is 0 Å². The molecule has 0 bridgehead atoms. The minimum Gasteiger partial charge on any atom is -0.550 e. The highest BCUT2D eigenvalue weighted by atomic mass is 16.5. The Morgan fingerprint density at radius 2 is 1.79 bits per heavy atom. The Morgan fingerprint density at radius 3 is 2.42 bits per heavy atom. The molecular formula is C19H18NO4-. The van der Waals surface area contributed by atoms with E-state index in [4.69, 9.17) is 4.74 Å². The molecule has 0 radical (unpaired) electrons. The highest BCUT2D eigenvalue weighted by Crippen LogP contribution is 2.21. The molecule has 24 heavy (non-hydrogen) atoms. The van der Waals surface area contributed by atoms with Crippen LogP contribution in [0.15, 0.2) is 54.6 Å². The van der Waals surface area contributed by atoms with Gasteiger partial charge >= 0.3 is 0 Å². The van der Waals surface area contributed by atoms with Crippen LogP contribution >= 0.6 is 0 Å². The second-order valence-electron chi connectivity index (χ2n) is 5.91. The average molecular weight is 324 g/mol. The summed E-state index contributed by atoms with van der Waals surface area (Å²) in [5.74, 6) is -1.25. The zero-order chi connectivity index (χ0) is 16.9. The summed E-state index contributed by atoms with van der Waals surface area (Å²) < 4.78 is 5.72. The number of ether oxygens (including phenoxy) is 1. The lowest BCUT2D eigenvalue weighted by atomic mass is 10.1. The molecule has 0 aliphatic carbocycles. The molecule has 0 aromatic heterocycles. The van der Waals surface area contributed by atoms with Crippen molar-refractivity contribution in [3.8, 4) is 5.75 Å². The van der Waals surface area contributed by atoms with Gasteiger partial charge in [-0.05, 0) is 23.3 Å². The maximum Gasteiger partial charge on any atom is 0.223 e. The summed E-state index contributed by atoms with van der Waals surface area (Å²) in [6, 6.07) is 17.4. The molecule has 1 saturated heterocycles. The Kier molecular flexibility index (Phi) is 4.79. The van der Waals surface area contributed by atoms with Crippen LogP contribution < -0.4 is 9.84 Å². The molecular weight excluding hydrogens is 306 g/mol. The number of amides is 1. The number of aliphatic carboxylic acids is 1. The van der Waals surface area contributed by atoms with E-state index in [9.17, 15) is 14.7 Å². The van der Waals surface area contributed by atoms with Crippen LogP contribution in [0.3, 0.4) is 0 Å². The second kappa shape index (κ2) is 7.17. The third-order valence-corrected chi connectivity index (χ3v) is 4.09. The van der Waals surface area contributed by atoms with Crippen molar-refractivity contribution in [1.82, 2.24) is 4.90 Å². The predicted octanol–water partition coefficient (Wildman–Crippen LogP) is 1.36. The summed E-state index contributed by atoms with van der Waals surface area (Å²) >= 11 is 0. The summed E-state index contributed by atoms with van der Waals surface area (Å²) in [4.78, 5) is 24.3. The number of carboxylic acids is 1. The summed E-state index contributed by atoms with van der Waals surface area (Å²) in [7, 11) is 0. The van der Waals surface area contributed by atoms with Crippen molar-refractivity contribution in [3.63, 3.8) is 0 Å². The van der Waals surface area contributed by atoms with Gasteiger partial charge in [-0.25, -0.2) is 0 Å². The molecule has 1 aliphatic heterocycles. The van der Waals surface area contributed by atoms with Crippen LogP contribution in [0.4, 0.5) is 0 Å². The molecule has 5 heteroatoms. The normalized spacial score (nSPS) is 17.1. The molecule has 2 aromatic rings. The number of carbonyl (C=O) groups excluding carboxylic acids is 2. The number of carbonyl (C=O) groups is 2. The lowest BCUT2D eigenvalue weighted by molar-refractivity contribution is -0.311. The number of nitrogens with zero attached hydrogens (tertiary/aromatic N) is 1. The zero-order valence-corrected chi connectivity index (χ0v) is 13.2. The van der Waals surface area contributed by atoms with Crippen molar-refractivity contribution < 1.29 is 19.4 Å². The van der Waals surface area contributed by atoms with Gasteiger partial charge in [-0.2, -0.15) is 0 Å². The van der Waals surface area contributed by atoms with E-state index in [1.165, 1.54) is 0 Å². The molecule has 5 nitrogen and oxygen atoms in total. The predicted molar refractivity (Wildman–Crippen MR) is 85.7 cm³/mol. The summed E-state index contributed by atoms with van der Waals surface area (Å²) in [6.07, 6.45) is 0.0284. The Morgan fingerprint density at radius 1 is 1.08 bits per heavy atom. The van der Waals surface area contributed by atoms with E-state index in [0.717, 1.165) is 16.9 Å². The minimum atomic E-state index is -1.16. The molecule has 3 rings (SSSR count). The lowest BCUT2D eigenvalue weighted by Crippen LogP contribution is -2.33. The van der Waals surface area contributed by atoms with Gasteiger partial charge in [-0.3, -0.25) is 4.79 Å². The Hall–Kier alpha value is -2.82. The topological polar surface area (TPSA) is 69.7 Å². The maximum absolute atomic E-state index is 11.8. The molecule has 1 fully saturated rings. The van der Waals surface area contributed by atoms with Crippen LogP contribution in [0, 0.1) is 5.92 Å². The second-order valence-corrected chi connectivity index (χ2v) is 5.91. The molecule has 0 saturated carbocycles. The van der Waals surface area contributed by atoms with Crippen molar-refractivity contribution in [2.75, 3.05) is 6.54 Å². The van der Waals surface area contributed by atoms with Crippen molar-refractivity contribution in [2.45, 2.75) is 19.6 Å². The molecule has 1 atom stereocenters. The van der Waals surface area contributed by atoms with Gasteiger partial charge in [0.2, 0.25) is 5.91 Å². The first-order chi connectivity index (χ1) is 11.6. The molecule has 124 valence electrons. The number of hydrogen-bond donors (Lipinski definition) is 0. The number of rotatable bonds is 6. The highest BCUT2D eigenvalue weighted by Gasteiger charge is 2.30. The number of carboxylic acid groups (broad SMARTS) is 1. The van der Waals surface area contributed by atoms with Crippen LogP contribution in [0.2, 0.25) is 0 Å². The van der Waals surface area contributed by atoms with Crippen molar-refractivity contribution >= 4 is 11.9 Å². The third-order valence-electron chi connectivity index (χ3n) is 4.09. The zero-order valence-electron chi connectivity index (χ0n) is 13.2. The molecule has 1 heterocycles. The van der Waals surface area contributed by atoms with Crippen LogP contribution in [0.5, 0.6) is 5.75 Å². The summed E-state index contributed by atoms with van der Waals surface area (Å²) in [5.41, 5.74) is 2.03. The van der Waals surface area contributed by atoms with E-state index >= 15 is 0 Å². The van der Waals surface area contributed by atoms with Gasteiger partial charge < -0.3 is 19.5 Å². The van der Waals surface area contributed by atoms with E-state index < -0.39 is 11.9 Å². The van der Waals surface area contributed by atoms with Gasteiger partial charge in [0.1, 0.15) is 12.4 Å². The first-order valence-electron chi connectivity index (χ1n) is 7.86. The molecule has 0 N–H and O–H groups in total. The van der Waals surface area contributed by atoms with E-state index in [-0.39, 0.29) is 18.9 Å². The van der Waals surface area contributed by atoms with Crippen LogP contribution in [-0.4, -0.2) is 23.3 Å². The molecule has 1 aliphatic rings. The maximum atomic E-state index is 11.8. The van der Waals surface area contributed by atoms with E-state index in [1.807, 2.05) is 54.6 Å². The Labute approximate surface area is 140 Å². The molecule has 0 spiro atoms. The number of likely N-dealkylation sites (tertiary alicyclic amines) is 1. The third kappa shape index (κ3) is 3.93. The standard InChI is InChI=1S/C19H19NO4/c21-18-10-16(19(22)23)12-20(18)11-14-6-8-17(9-7-14)24-13-15-4-2-1-3-5-15/h1-9,16H,10-13H2,(H,22,23)/p-1/t16-/m1/s1. The van der Waals surface area contributed by atoms with Crippen LogP contribution in [-0.2, 0) is 22.7 Å². The quantitative estimate of drug-likeness (QED) is 0.804. The molecule has 0 unspecified atom stereocenters. The van der Waals surface area contributed by atoms with E-state index in [1.54, 1.807) is 4.90 Å². The van der Waals surface area contributed by atoms with Crippen molar-refractivity contribution in [2.24, 2.45) is 5.92 Å². The first-order valence-corrected chi connectivity index (χ1v) is 7.86. The van der Waals surface area contributed by atoms with Gasteiger partial charge in [0.15, 0.2) is 0 Å². The van der Waals surface area contributed by atoms with Crippen molar-refractivity contribution in [3.05, 3.63) is 65.7 Å². The lowest BCUT2D eigenvalue weighted by Gasteiger charge is -2.17. The number of hydrogen-bond acceptors (Lipinski definition) is 4. The molecule has 1 amide bonds. The minimum absolute atomic E-state index is 0.0284. The number of benzene rings is 2. The summed E-state index contributed by atoms with van der Waals surface area (Å²) in [6.45, 7) is 1.12. The Bertz CT molecular complexity index is 712. The average Bonchev–Trinajstić information content (AvgIpc) is 2.96. The molecule has 2 aromatic carbocycles. The van der Waals surface area contributed by atoms with Crippen LogP contribution in [0.25, 0.3) is 0 Å². The fourth-order valence-electron chi connectivity index (χ4n) is 2.74. The van der Waals surface area contributed by atoms with Gasteiger partial charge in [0, 0.05) is 31.4 Å². The summed E-state index contributed by atoms with van der Waals surface area (Å²) in [5, 5.41) is 10.9. The fourth-order valence-corrected chi connectivity index (χ4v) is 2.74. The SMILES string of the molecule is O=C([O-])[C@@H]1CC(=O)N(Cc2ccc(OCc3ccccc3)cc2)C1. The highest BCUT2D eigenvalue weighted by molar-refractivity contribution is 5.85. The monoisotopic (exact) mass is 324 g/mol. The van der Waals surface area contributed by atoms with Crippen molar-refractivity contribution in [1.29, 1.82) is 0 Å². The first kappa shape index (κ1) is 16.1. The van der Waals surface area contributed by atoms with Crippen LogP contribution in [0.1, 0.15) is 17.5 Å². The van der Waals surface area contributed by atoms with Gasteiger partial charge in [0.05, 0.1) is 0 Å². The van der Waals surface area contributed by atoms with Gasteiger partial charge in [-0.1, -0.05) is 42.5 Å². The largest absolute Gasteiger partial charge is 0.550 e. The van der Waals surface area contributed by atoms with E-state index in [0.29, 0.717) is 13.2 Å². The smallest absolute Gasteiger partial charge is 0.223 e. The van der Waals surface area contributed by atoms with Gasteiger partial charge in [-0.15, -0.1) is 0 Å². The van der Waals surface area contributed by atoms with E-state index in [2.05, 4.69) is 0 Å². The fraction of sp³-hybridized carbons (Fsp3) is 0.263.